The van der Waals surface area contributed by atoms with E-state index in [1.807, 2.05) is 66.7 Å². The van der Waals surface area contributed by atoms with Crippen molar-refractivity contribution in [3.05, 3.63) is 65.7 Å². The Morgan fingerprint density at radius 1 is 1.05 bits per heavy atom. The van der Waals surface area contributed by atoms with Crippen LogP contribution in [-0.2, 0) is 4.79 Å². The monoisotopic (exact) mass is 267 g/mol. The summed E-state index contributed by atoms with van der Waals surface area (Å²) < 4.78 is 5.57. The largest absolute Gasteiger partial charge is 0.480 e. The Balaban J connectivity index is 2.20. The van der Waals surface area contributed by atoms with Crippen LogP contribution in [0.3, 0.4) is 0 Å². The molecule has 0 aliphatic rings. The van der Waals surface area contributed by atoms with Gasteiger partial charge in [0.1, 0.15) is 5.75 Å². The lowest BCUT2D eigenvalue weighted by molar-refractivity contribution is -0.123. The molecule has 1 atom stereocenters. The Labute approximate surface area is 118 Å². The number of primary amides is 1. The zero-order valence-electron chi connectivity index (χ0n) is 11.3. The van der Waals surface area contributed by atoms with Crippen molar-refractivity contribution >= 4 is 18.1 Å². The molecule has 2 aromatic carbocycles. The zero-order chi connectivity index (χ0) is 14.4. The number of hydrogen-bond acceptors (Lipinski definition) is 2. The first-order valence-electron chi connectivity index (χ1n) is 6.45. The molecule has 0 saturated heterocycles. The van der Waals surface area contributed by atoms with Crippen LogP contribution >= 0.6 is 0 Å². The third kappa shape index (κ3) is 3.72. The summed E-state index contributed by atoms with van der Waals surface area (Å²) in [5.41, 5.74) is 7.23. The number of hydrogen-bond donors (Lipinski definition) is 1. The van der Waals surface area contributed by atoms with Crippen LogP contribution in [0.15, 0.2) is 54.6 Å². The van der Waals surface area contributed by atoms with Gasteiger partial charge in [-0.25, -0.2) is 0 Å². The van der Waals surface area contributed by atoms with Gasteiger partial charge in [0.25, 0.3) is 5.91 Å². The molecule has 0 aliphatic heterocycles. The summed E-state index contributed by atoms with van der Waals surface area (Å²) >= 11 is 0. The summed E-state index contributed by atoms with van der Waals surface area (Å²) in [5.74, 6) is 0.165. The molecule has 102 valence electrons. The van der Waals surface area contributed by atoms with Crippen LogP contribution < -0.4 is 10.5 Å². The van der Waals surface area contributed by atoms with E-state index < -0.39 is 12.0 Å². The summed E-state index contributed by atoms with van der Waals surface area (Å²) in [6.07, 6.45) is 3.30. The Morgan fingerprint density at radius 2 is 1.70 bits per heavy atom. The number of ether oxygens (including phenoxy) is 1. The smallest absolute Gasteiger partial charge is 0.258 e. The number of para-hydroxylation sites is 1. The van der Waals surface area contributed by atoms with Crippen molar-refractivity contribution in [1.82, 2.24) is 0 Å². The van der Waals surface area contributed by atoms with E-state index in [4.69, 9.17) is 10.5 Å². The van der Waals surface area contributed by atoms with E-state index in [0.717, 1.165) is 11.1 Å². The van der Waals surface area contributed by atoms with Gasteiger partial charge in [0.15, 0.2) is 6.10 Å². The fraction of sp³-hybridized carbons (Fsp3) is 0.118. The molecule has 2 N–H and O–H groups in total. The van der Waals surface area contributed by atoms with E-state index in [-0.39, 0.29) is 0 Å². The van der Waals surface area contributed by atoms with E-state index in [2.05, 4.69) is 0 Å². The molecule has 3 nitrogen and oxygen atoms in total. The predicted molar refractivity (Wildman–Crippen MR) is 81.1 cm³/mol. The summed E-state index contributed by atoms with van der Waals surface area (Å²) in [5, 5.41) is 0. The molecule has 0 heterocycles. The van der Waals surface area contributed by atoms with Gasteiger partial charge in [-0.2, -0.15) is 0 Å². The molecule has 0 bridgehead atoms. The number of amides is 1. The molecule has 0 saturated carbocycles. The molecule has 0 unspecified atom stereocenters. The lowest BCUT2D eigenvalue weighted by atomic mass is 10.1. The van der Waals surface area contributed by atoms with Crippen molar-refractivity contribution in [2.45, 2.75) is 13.0 Å². The van der Waals surface area contributed by atoms with Crippen molar-refractivity contribution in [2.75, 3.05) is 0 Å². The first kappa shape index (κ1) is 13.9. The summed E-state index contributed by atoms with van der Waals surface area (Å²) in [6, 6.07) is 17.5. The van der Waals surface area contributed by atoms with Crippen LogP contribution in [0.5, 0.6) is 5.75 Å². The molecule has 0 radical (unpaired) electrons. The van der Waals surface area contributed by atoms with Gasteiger partial charge < -0.3 is 10.5 Å². The first-order valence-corrected chi connectivity index (χ1v) is 6.45. The molecule has 0 fully saturated rings. The van der Waals surface area contributed by atoms with Crippen LogP contribution in [0.25, 0.3) is 12.2 Å². The van der Waals surface area contributed by atoms with Crippen LogP contribution in [-0.4, -0.2) is 12.0 Å². The first-order chi connectivity index (χ1) is 9.66. The fourth-order valence-corrected chi connectivity index (χ4v) is 1.72. The van der Waals surface area contributed by atoms with Gasteiger partial charge in [-0.05, 0) is 18.6 Å². The molecule has 20 heavy (non-hydrogen) atoms. The molecular formula is C17H17NO2. The minimum Gasteiger partial charge on any atom is -0.480 e. The van der Waals surface area contributed by atoms with Crippen molar-refractivity contribution in [3.63, 3.8) is 0 Å². The van der Waals surface area contributed by atoms with E-state index in [1.165, 1.54) is 0 Å². The summed E-state index contributed by atoms with van der Waals surface area (Å²) in [7, 11) is 0. The Morgan fingerprint density at radius 3 is 2.40 bits per heavy atom. The highest BCUT2D eigenvalue weighted by Crippen LogP contribution is 2.21. The molecule has 2 aromatic rings. The highest BCUT2D eigenvalue weighted by Gasteiger charge is 2.11. The molecule has 0 spiro atoms. The third-order valence-corrected chi connectivity index (χ3v) is 2.88. The van der Waals surface area contributed by atoms with Gasteiger partial charge in [0, 0.05) is 5.56 Å². The number of nitrogens with two attached hydrogens (primary N) is 1. The van der Waals surface area contributed by atoms with Crippen LogP contribution in [0, 0.1) is 0 Å². The molecule has 3 heteroatoms. The summed E-state index contributed by atoms with van der Waals surface area (Å²) in [4.78, 5) is 11.1. The van der Waals surface area contributed by atoms with Crippen molar-refractivity contribution in [3.8, 4) is 5.75 Å². The average molecular weight is 267 g/mol. The number of carbonyl (C=O) groups excluding carboxylic acids is 1. The predicted octanol–water partition coefficient (Wildman–Crippen LogP) is 3.11. The second-order valence-electron chi connectivity index (χ2n) is 4.44. The lowest BCUT2D eigenvalue weighted by Gasteiger charge is -2.13. The van der Waals surface area contributed by atoms with Crippen molar-refractivity contribution in [1.29, 1.82) is 0 Å². The second-order valence-corrected chi connectivity index (χ2v) is 4.44. The van der Waals surface area contributed by atoms with E-state index in [0.29, 0.717) is 5.75 Å². The summed E-state index contributed by atoms with van der Waals surface area (Å²) in [6.45, 7) is 1.64. The topological polar surface area (TPSA) is 52.3 Å². The van der Waals surface area contributed by atoms with Crippen LogP contribution in [0.1, 0.15) is 18.1 Å². The minimum atomic E-state index is -0.652. The van der Waals surface area contributed by atoms with Gasteiger partial charge in [-0.1, -0.05) is 60.7 Å². The SMILES string of the molecule is C[C@H](Oc1ccccc1/C=C/c1ccccc1)C(N)=O. The van der Waals surface area contributed by atoms with Crippen molar-refractivity contribution < 1.29 is 9.53 Å². The Kier molecular flexibility index (Phi) is 4.56. The van der Waals surface area contributed by atoms with Gasteiger partial charge in [-0.15, -0.1) is 0 Å². The van der Waals surface area contributed by atoms with Crippen LogP contribution in [0.2, 0.25) is 0 Å². The molecule has 2 rings (SSSR count). The average Bonchev–Trinajstić information content (AvgIpc) is 2.47. The molecule has 0 aromatic heterocycles. The van der Waals surface area contributed by atoms with Crippen LogP contribution in [0.4, 0.5) is 0 Å². The molecular weight excluding hydrogens is 250 g/mol. The number of carbonyl (C=O) groups is 1. The quantitative estimate of drug-likeness (QED) is 0.846. The Bertz CT molecular complexity index is 605. The van der Waals surface area contributed by atoms with Crippen molar-refractivity contribution in [2.24, 2.45) is 5.73 Å². The van der Waals surface area contributed by atoms with E-state index in [1.54, 1.807) is 6.92 Å². The second kappa shape index (κ2) is 6.57. The lowest BCUT2D eigenvalue weighted by Crippen LogP contribution is -2.30. The van der Waals surface area contributed by atoms with Gasteiger partial charge in [-0.3, -0.25) is 4.79 Å². The maximum absolute atomic E-state index is 11.1. The molecule has 0 aliphatic carbocycles. The molecule has 1 amide bonds. The standard InChI is InChI=1S/C17H17NO2/c1-13(17(18)19)20-16-10-6-5-9-15(16)12-11-14-7-3-2-4-8-14/h2-13H,1H3,(H2,18,19)/b12-11+/t13-/m0/s1. The zero-order valence-corrected chi connectivity index (χ0v) is 11.3. The number of benzene rings is 2. The maximum atomic E-state index is 11.1. The Hall–Kier alpha value is -2.55. The van der Waals surface area contributed by atoms with Gasteiger partial charge in [0.05, 0.1) is 0 Å². The van der Waals surface area contributed by atoms with Gasteiger partial charge in [0.2, 0.25) is 0 Å². The maximum Gasteiger partial charge on any atom is 0.258 e. The normalized spacial score (nSPS) is 12.2. The minimum absolute atomic E-state index is 0.480. The highest BCUT2D eigenvalue weighted by molar-refractivity contribution is 5.79. The van der Waals surface area contributed by atoms with E-state index in [9.17, 15) is 4.79 Å². The highest BCUT2D eigenvalue weighted by atomic mass is 16.5. The van der Waals surface area contributed by atoms with E-state index >= 15 is 0 Å². The van der Waals surface area contributed by atoms with Gasteiger partial charge >= 0.3 is 0 Å². The fourth-order valence-electron chi connectivity index (χ4n) is 1.72. The third-order valence-electron chi connectivity index (χ3n) is 2.88. The number of rotatable bonds is 5.